The third-order valence-electron chi connectivity index (χ3n) is 3.13. The number of rotatable bonds is 7. The van der Waals surface area contributed by atoms with Gasteiger partial charge in [-0.15, -0.1) is 0 Å². The van der Waals surface area contributed by atoms with Gasteiger partial charge in [-0.1, -0.05) is 13.3 Å². The molecule has 0 bridgehead atoms. The van der Waals surface area contributed by atoms with E-state index in [0.717, 1.165) is 12.8 Å². The van der Waals surface area contributed by atoms with Crippen molar-refractivity contribution in [1.82, 2.24) is 10.2 Å². The van der Waals surface area contributed by atoms with Gasteiger partial charge in [-0.3, -0.25) is 9.59 Å². The number of nitrogens with two attached hydrogens (primary N) is 1. The van der Waals surface area contributed by atoms with Gasteiger partial charge < -0.3 is 20.7 Å². The lowest BCUT2D eigenvalue weighted by Gasteiger charge is -2.26. The summed E-state index contributed by atoms with van der Waals surface area (Å²) in [6, 6.07) is -0.0834. The van der Waals surface area contributed by atoms with E-state index in [1.54, 1.807) is 4.90 Å². The normalized spacial score (nSPS) is 17.1. The maximum absolute atomic E-state index is 11.8. The van der Waals surface area contributed by atoms with E-state index in [1.165, 1.54) is 0 Å². The van der Waals surface area contributed by atoms with E-state index in [0.29, 0.717) is 45.7 Å². The van der Waals surface area contributed by atoms with E-state index < -0.39 is 0 Å². The molecule has 1 saturated heterocycles. The van der Waals surface area contributed by atoms with Gasteiger partial charge in [0, 0.05) is 38.5 Å². The van der Waals surface area contributed by atoms with Gasteiger partial charge in [-0.05, 0) is 6.42 Å². The minimum absolute atomic E-state index is 0.0708. The molecule has 1 aliphatic heterocycles. The van der Waals surface area contributed by atoms with Crippen molar-refractivity contribution in [2.24, 2.45) is 5.73 Å². The maximum atomic E-state index is 11.8. The Kier molecular flexibility index (Phi) is 7.43. The summed E-state index contributed by atoms with van der Waals surface area (Å²) < 4.78 is 5.18. The fraction of sp³-hybridized carbons (Fsp3) is 0.846. The fourth-order valence-electron chi connectivity index (χ4n) is 2.06. The Hall–Kier alpha value is -1.14. The zero-order valence-electron chi connectivity index (χ0n) is 11.7. The molecule has 0 saturated carbocycles. The SMILES string of the molecule is CCCC(N)CC(=O)NCCC(=O)N1CCOCC1. The fourth-order valence-corrected chi connectivity index (χ4v) is 2.06. The summed E-state index contributed by atoms with van der Waals surface area (Å²) in [5.74, 6) is -0.00261. The highest BCUT2D eigenvalue weighted by atomic mass is 16.5. The van der Waals surface area contributed by atoms with Gasteiger partial charge in [0.2, 0.25) is 11.8 Å². The Bertz CT molecular complexity index is 291. The van der Waals surface area contributed by atoms with Crippen LogP contribution >= 0.6 is 0 Å². The van der Waals surface area contributed by atoms with Crippen LogP contribution in [0.5, 0.6) is 0 Å². The van der Waals surface area contributed by atoms with Crippen molar-refractivity contribution >= 4 is 11.8 Å². The Morgan fingerprint density at radius 1 is 1.37 bits per heavy atom. The molecule has 0 aromatic heterocycles. The average Bonchev–Trinajstić information content (AvgIpc) is 2.39. The van der Waals surface area contributed by atoms with Crippen molar-refractivity contribution < 1.29 is 14.3 Å². The molecule has 2 amide bonds. The molecule has 0 radical (unpaired) electrons. The maximum Gasteiger partial charge on any atom is 0.224 e. The van der Waals surface area contributed by atoms with Gasteiger partial charge in [0.05, 0.1) is 13.2 Å². The van der Waals surface area contributed by atoms with E-state index >= 15 is 0 Å². The Morgan fingerprint density at radius 2 is 2.05 bits per heavy atom. The molecule has 1 aliphatic rings. The van der Waals surface area contributed by atoms with Crippen LogP contribution in [0.1, 0.15) is 32.6 Å². The predicted molar refractivity (Wildman–Crippen MR) is 72.5 cm³/mol. The largest absolute Gasteiger partial charge is 0.378 e. The second-order valence-electron chi connectivity index (χ2n) is 4.85. The lowest BCUT2D eigenvalue weighted by Crippen LogP contribution is -2.42. The summed E-state index contributed by atoms with van der Waals surface area (Å²) in [5, 5.41) is 2.74. The van der Waals surface area contributed by atoms with Crippen molar-refractivity contribution in [3.63, 3.8) is 0 Å². The monoisotopic (exact) mass is 271 g/mol. The first-order valence-corrected chi connectivity index (χ1v) is 7.01. The van der Waals surface area contributed by atoms with Crippen LogP contribution in [0.25, 0.3) is 0 Å². The number of nitrogens with one attached hydrogen (secondary N) is 1. The molecule has 3 N–H and O–H groups in total. The van der Waals surface area contributed by atoms with Crippen molar-refractivity contribution in [2.45, 2.75) is 38.6 Å². The summed E-state index contributed by atoms with van der Waals surface area (Å²) in [6.07, 6.45) is 2.50. The van der Waals surface area contributed by atoms with Crippen molar-refractivity contribution in [3.8, 4) is 0 Å². The first-order chi connectivity index (χ1) is 9.13. The van der Waals surface area contributed by atoms with Gasteiger partial charge in [0.1, 0.15) is 0 Å². The van der Waals surface area contributed by atoms with Gasteiger partial charge >= 0.3 is 0 Å². The number of carbonyl (C=O) groups is 2. The highest BCUT2D eigenvalue weighted by Gasteiger charge is 2.16. The summed E-state index contributed by atoms with van der Waals surface area (Å²) >= 11 is 0. The smallest absolute Gasteiger partial charge is 0.224 e. The number of hydrogen-bond acceptors (Lipinski definition) is 4. The Labute approximate surface area is 114 Å². The second-order valence-corrected chi connectivity index (χ2v) is 4.85. The predicted octanol–water partition coefficient (Wildman–Crippen LogP) is -0.131. The number of hydrogen-bond donors (Lipinski definition) is 2. The first-order valence-electron chi connectivity index (χ1n) is 7.01. The first kappa shape index (κ1) is 15.9. The quantitative estimate of drug-likeness (QED) is 0.675. The van der Waals surface area contributed by atoms with Crippen LogP contribution in [0.2, 0.25) is 0 Å². The molecule has 6 heteroatoms. The number of morpholine rings is 1. The third kappa shape index (κ3) is 6.54. The van der Waals surface area contributed by atoms with Gasteiger partial charge in [0.15, 0.2) is 0 Å². The Morgan fingerprint density at radius 3 is 2.68 bits per heavy atom. The van der Waals surface area contributed by atoms with Crippen LogP contribution in [-0.4, -0.2) is 55.6 Å². The van der Waals surface area contributed by atoms with E-state index in [-0.39, 0.29) is 17.9 Å². The van der Waals surface area contributed by atoms with Crippen LogP contribution in [-0.2, 0) is 14.3 Å². The zero-order valence-corrected chi connectivity index (χ0v) is 11.7. The second kappa shape index (κ2) is 8.87. The molecule has 0 aromatic carbocycles. The molecule has 110 valence electrons. The van der Waals surface area contributed by atoms with E-state index in [2.05, 4.69) is 5.32 Å². The number of carbonyl (C=O) groups excluding carboxylic acids is 2. The molecule has 0 aliphatic carbocycles. The summed E-state index contributed by atoms with van der Waals surface area (Å²) in [6.45, 7) is 4.92. The van der Waals surface area contributed by atoms with E-state index in [1.807, 2.05) is 6.92 Å². The highest BCUT2D eigenvalue weighted by Crippen LogP contribution is 2.00. The lowest BCUT2D eigenvalue weighted by molar-refractivity contribution is -0.135. The topological polar surface area (TPSA) is 84.7 Å². The minimum Gasteiger partial charge on any atom is -0.378 e. The Balaban J connectivity index is 2.11. The van der Waals surface area contributed by atoms with Gasteiger partial charge in [-0.2, -0.15) is 0 Å². The molecule has 0 aromatic rings. The molecule has 0 spiro atoms. The van der Waals surface area contributed by atoms with E-state index in [9.17, 15) is 9.59 Å². The van der Waals surface area contributed by atoms with Gasteiger partial charge in [-0.25, -0.2) is 0 Å². The van der Waals surface area contributed by atoms with Crippen LogP contribution in [0.3, 0.4) is 0 Å². The third-order valence-corrected chi connectivity index (χ3v) is 3.13. The number of ether oxygens (including phenoxy) is 1. The molecule has 1 fully saturated rings. The standard InChI is InChI=1S/C13H25N3O3/c1-2-3-11(14)10-12(17)15-5-4-13(18)16-6-8-19-9-7-16/h11H,2-10,14H2,1H3,(H,15,17). The number of amides is 2. The average molecular weight is 271 g/mol. The molecule has 1 unspecified atom stereocenters. The van der Waals surface area contributed by atoms with Crippen molar-refractivity contribution in [3.05, 3.63) is 0 Å². The lowest BCUT2D eigenvalue weighted by atomic mass is 10.1. The summed E-state index contributed by atoms with van der Waals surface area (Å²) in [7, 11) is 0. The summed E-state index contributed by atoms with van der Waals surface area (Å²) in [5.41, 5.74) is 5.78. The molecule has 6 nitrogen and oxygen atoms in total. The minimum atomic E-state index is -0.0834. The molecule has 19 heavy (non-hydrogen) atoms. The van der Waals surface area contributed by atoms with Crippen LogP contribution in [0, 0.1) is 0 Å². The van der Waals surface area contributed by atoms with Crippen molar-refractivity contribution in [2.75, 3.05) is 32.8 Å². The van der Waals surface area contributed by atoms with Gasteiger partial charge in [0.25, 0.3) is 0 Å². The molecule has 1 atom stereocenters. The molecule has 1 heterocycles. The van der Waals surface area contributed by atoms with Crippen LogP contribution in [0.15, 0.2) is 0 Å². The molecule has 1 rings (SSSR count). The zero-order chi connectivity index (χ0) is 14.1. The number of nitrogens with zero attached hydrogens (tertiary/aromatic N) is 1. The summed E-state index contributed by atoms with van der Waals surface area (Å²) in [4.78, 5) is 25.1. The molecular formula is C13H25N3O3. The molecular weight excluding hydrogens is 246 g/mol. The highest BCUT2D eigenvalue weighted by molar-refractivity contribution is 5.79. The van der Waals surface area contributed by atoms with Crippen molar-refractivity contribution in [1.29, 1.82) is 0 Å². The van der Waals surface area contributed by atoms with E-state index in [4.69, 9.17) is 10.5 Å². The van der Waals surface area contributed by atoms with Crippen LogP contribution in [0.4, 0.5) is 0 Å². The van der Waals surface area contributed by atoms with Crippen LogP contribution < -0.4 is 11.1 Å².